The van der Waals surface area contributed by atoms with Crippen molar-refractivity contribution in [3.63, 3.8) is 0 Å². The summed E-state index contributed by atoms with van der Waals surface area (Å²) in [4.78, 5) is 24.4. The van der Waals surface area contributed by atoms with Crippen LogP contribution in [0, 0.1) is 11.3 Å². The molecule has 2 rings (SSSR count). The number of hydrogen-bond acceptors (Lipinski definition) is 5. The van der Waals surface area contributed by atoms with Crippen LogP contribution in [0.3, 0.4) is 0 Å². The van der Waals surface area contributed by atoms with Gasteiger partial charge < -0.3 is 14.8 Å². The van der Waals surface area contributed by atoms with Crippen molar-refractivity contribution in [2.75, 3.05) is 5.32 Å². The first-order valence-electron chi connectivity index (χ1n) is 8.61. The number of hydrogen-bond donors (Lipinski definition) is 1. The number of anilines is 1. The molecule has 0 bridgehead atoms. The van der Waals surface area contributed by atoms with Crippen molar-refractivity contribution < 1.29 is 19.1 Å². The van der Waals surface area contributed by atoms with Crippen molar-refractivity contribution in [1.29, 1.82) is 5.26 Å². The first-order valence-corrected chi connectivity index (χ1v) is 8.61. The topological polar surface area (TPSA) is 88.4 Å². The maximum absolute atomic E-state index is 12.2. The molecular formula is C21H22N2O4. The normalized spacial score (nSPS) is 11.5. The number of nitriles is 1. The van der Waals surface area contributed by atoms with Crippen LogP contribution in [-0.2, 0) is 20.9 Å². The zero-order valence-corrected chi connectivity index (χ0v) is 15.6. The van der Waals surface area contributed by atoms with E-state index in [0.717, 1.165) is 5.56 Å². The molecule has 6 nitrogen and oxygen atoms in total. The predicted octanol–water partition coefficient (Wildman–Crippen LogP) is 3.67. The third kappa shape index (κ3) is 6.24. The number of carbonyl (C=O) groups excluding carboxylic acids is 2. The zero-order valence-electron chi connectivity index (χ0n) is 15.6. The molecule has 0 aliphatic heterocycles. The Balaban J connectivity index is 1.89. The molecular weight excluding hydrogens is 344 g/mol. The minimum atomic E-state index is -0.961. The highest BCUT2D eigenvalue weighted by Crippen LogP contribution is 2.12. The van der Waals surface area contributed by atoms with Crippen LogP contribution >= 0.6 is 0 Å². The number of rotatable bonds is 7. The van der Waals surface area contributed by atoms with E-state index in [0.29, 0.717) is 23.4 Å². The summed E-state index contributed by atoms with van der Waals surface area (Å²) in [7, 11) is 0. The maximum Gasteiger partial charge on any atom is 0.338 e. The van der Waals surface area contributed by atoms with Gasteiger partial charge in [0.2, 0.25) is 0 Å². The van der Waals surface area contributed by atoms with E-state index in [1.165, 1.54) is 6.92 Å². The second-order valence-corrected chi connectivity index (χ2v) is 6.28. The predicted molar refractivity (Wildman–Crippen MR) is 101 cm³/mol. The molecule has 0 aromatic heterocycles. The monoisotopic (exact) mass is 366 g/mol. The third-order valence-electron chi connectivity index (χ3n) is 3.71. The van der Waals surface area contributed by atoms with Gasteiger partial charge in [-0.1, -0.05) is 12.1 Å². The lowest BCUT2D eigenvalue weighted by Gasteiger charge is -2.14. The van der Waals surface area contributed by atoms with Gasteiger partial charge in [0.1, 0.15) is 0 Å². The van der Waals surface area contributed by atoms with Gasteiger partial charge in [0.25, 0.3) is 5.91 Å². The smallest absolute Gasteiger partial charge is 0.338 e. The van der Waals surface area contributed by atoms with Crippen molar-refractivity contribution in [3.8, 4) is 6.07 Å². The highest BCUT2D eigenvalue weighted by molar-refractivity contribution is 5.97. The second-order valence-electron chi connectivity index (χ2n) is 6.28. The number of ether oxygens (including phenoxy) is 2. The number of nitrogens with one attached hydrogen (secondary N) is 1. The van der Waals surface area contributed by atoms with Gasteiger partial charge in [0.15, 0.2) is 6.10 Å². The summed E-state index contributed by atoms with van der Waals surface area (Å²) < 4.78 is 10.7. The molecule has 0 spiro atoms. The van der Waals surface area contributed by atoms with E-state index < -0.39 is 18.0 Å². The van der Waals surface area contributed by atoms with E-state index in [-0.39, 0.29) is 6.10 Å². The molecule has 140 valence electrons. The van der Waals surface area contributed by atoms with E-state index in [9.17, 15) is 9.59 Å². The summed E-state index contributed by atoms with van der Waals surface area (Å²) in [6, 6.07) is 15.3. The molecule has 6 heteroatoms. The molecule has 1 N–H and O–H groups in total. The highest BCUT2D eigenvalue weighted by atomic mass is 16.5. The van der Waals surface area contributed by atoms with Crippen LogP contribution in [-0.4, -0.2) is 24.1 Å². The minimum Gasteiger partial charge on any atom is -0.449 e. The van der Waals surface area contributed by atoms with Crippen LogP contribution in [0.25, 0.3) is 0 Å². The molecule has 0 aliphatic rings. The van der Waals surface area contributed by atoms with E-state index >= 15 is 0 Å². The summed E-state index contributed by atoms with van der Waals surface area (Å²) in [6.07, 6.45) is -0.831. The summed E-state index contributed by atoms with van der Waals surface area (Å²) >= 11 is 0. The average molecular weight is 366 g/mol. The summed E-state index contributed by atoms with van der Waals surface area (Å²) in [5.74, 6) is -1.02. The molecule has 1 atom stereocenters. The van der Waals surface area contributed by atoms with Crippen molar-refractivity contribution in [2.45, 2.75) is 39.6 Å². The van der Waals surface area contributed by atoms with E-state index in [1.807, 2.05) is 19.9 Å². The lowest BCUT2D eigenvalue weighted by Crippen LogP contribution is -2.30. The Morgan fingerprint density at radius 2 is 1.67 bits per heavy atom. The molecule has 0 saturated carbocycles. The second kappa shape index (κ2) is 9.51. The largest absolute Gasteiger partial charge is 0.449 e. The van der Waals surface area contributed by atoms with Gasteiger partial charge in [0, 0.05) is 5.69 Å². The first-order chi connectivity index (χ1) is 12.9. The summed E-state index contributed by atoms with van der Waals surface area (Å²) in [5, 5.41) is 11.4. The van der Waals surface area contributed by atoms with Gasteiger partial charge in [-0.2, -0.15) is 5.26 Å². The number of esters is 1. The van der Waals surface area contributed by atoms with Gasteiger partial charge in [-0.05, 0) is 62.7 Å². The van der Waals surface area contributed by atoms with Gasteiger partial charge in [-0.25, -0.2) is 4.79 Å². The third-order valence-corrected chi connectivity index (χ3v) is 3.71. The molecule has 2 aromatic rings. The molecule has 2 aromatic carbocycles. The van der Waals surface area contributed by atoms with Crippen molar-refractivity contribution in [1.82, 2.24) is 0 Å². The molecule has 1 amide bonds. The number of amides is 1. The highest BCUT2D eigenvalue weighted by Gasteiger charge is 2.19. The van der Waals surface area contributed by atoms with E-state index in [1.54, 1.807) is 48.5 Å². The number of benzene rings is 2. The molecule has 0 fully saturated rings. The van der Waals surface area contributed by atoms with E-state index in [4.69, 9.17) is 14.7 Å². The quantitative estimate of drug-likeness (QED) is 0.755. The Morgan fingerprint density at radius 3 is 2.22 bits per heavy atom. The number of carbonyl (C=O) groups is 2. The molecule has 0 radical (unpaired) electrons. The van der Waals surface area contributed by atoms with Crippen LogP contribution in [0.5, 0.6) is 0 Å². The van der Waals surface area contributed by atoms with Crippen molar-refractivity contribution >= 4 is 17.6 Å². The standard InChI is InChI=1S/C21H22N2O4/c1-14(2)26-13-17-4-8-18(9-5-17)21(25)27-15(3)20(24)23-19-10-6-16(12-22)7-11-19/h4-11,14-15H,13H2,1-3H3,(H,23,24)/t15-/m0/s1. The Bertz CT molecular complexity index is 821. The van der Waals surface area contributed by atoms with Crippen molar-refractivity contribution in [3.05, 3.63) is 65.2 Å². The van der Waals surface area contributed by atoms with E-state index in [2.05, 4.69) is 5.32 Å². The van der Waals surface area contributed by atoms with Crippen LogP contribution in [0.1, 0.15) is 42.3 Å². The average Bonchev–Trinajstić information content (AvgIpc) is 2.67. The maximum atomic E-state index is 12.2. The van der Waals surface area contributed by atoms with Gasteiger partial charge in [-0.15, -0.1) is 0 Å². The van der Waals surface area contributed by atoms with Gasteiger partial charge in [0.05, 0.1) is 29.9 Å². The van der Waals surface area contributed by atoms with Crippen LogP contribution in [0.2, 0.25) is 0 Å². The molecule has 0 saturated heterocycles. The fourth-order valence-electron chi connectivity index (χ4n) is 2.15. The van der Waals surface area contributed by atoms with Gasteiger partial charge in [-0.3, -0.25) is 4.79 Å². The lowest BCUT2D eigenvalue weighted by atomic mass is 10.1. The van der Waals surface area contributed by atoms with Crippen LogP contribution < -0.4 is 5.32 Å². The lowest BCUT2D eigenvalue weighted by molar-refractivity contribution is -0.123. The zero-order chi connectivity index (χ0) is 19.8. The summed E-state index contributed by atoms with van der Waals surface area (Å²) in [5.41, 5.74) is 2.33. The van der Waals surface area contributed by atoms with Crippen molar-refractivity contribution in [2.24, 2.45) is 0 Å². The Labute approximate surface area is 158 Å². The molecule has 27 heavy (non-hydrogen) atoms. The first kappa shape index (κ1) is 20.1. The van der Waals surface area contributed by atoms with Gasteiger partial charge >= 0.3 is 5.97 Å². The summed E-state index contributed by atoms with van der Waals surface area (Å²) in [6.45, 7) is 5.88. The molecule has 0 aliphatic carbocycles. The molecule has 0 unspecified atom stereocenters. The number of nitrogens with zero attached hydrogens (tertiary/aromatic N) is 1. The van der Waals surface area contributed by atoms with Crippen LogP contribution in [0.15, 0.2) is 48.5 Å². The SMILES string of the molecule is CC(C)OCc1ccc(C(=O)O[C@@H](C)C(=O)Nc2ccc(C#N)cc2)cc1. The Morgan fingerprint density at radius 1 is 1.04 bits per heavy atom. The van der Waals surface area contributed by atoms with Crippen LogP contribution in [0.4, 0.5) is 5.69 Å². The molecule has 0 heterocycles. The fourth-order valence-corrected chi connectivity index (χ4v) is 2.15. The Kier molecular flexibility index (Phi) is 7.09. The fraction of sp³-hybridized carbons (Fsp3) is 0.286. The Hall–Kier alpha value is -3.17. The minimum absolute atomic E-state index is 0.130.